The van der Waals surface area contributed by atoms with Gasteiger partial charge in [-0.1, -0.05) is 26.6 Å². The monoisotopic (exact) mass is 220 g/mol. The van der Waals surface area contributed by atoms with E-state index in [0.29, 0.717) is 0 Å². The van der Waals surface area contributed by atoms with Gasteiger partial charge in [0, 0.05) is 15.2 Å². The van der Waals surface area contributed by atoms with Gasteiger partial charge in [0.05, 0.1) is 0 Å². The van der Waals surface area contributed by atoms with Crippen LogP contribution in [0.1, 0.15) is 6.92 Å². The van der Waals surface area contributed by atoms with Gasteiger partial charge in [0.1, 0.15) is 0 Å². The Morgan fingerprint density at radius 3 is 2.23 bits per heavy atom. The molecule has 0 aliphatic rings. The van der Waals surface area contributed by atoms with Crippen molar-refractivity contribution in [3.8, 4) is 0 Å². The van der Waals surface area contributed by atoms with Crippen molar-refractivity contribution in [2.75, 3.05) is 20.2 Å². The van der Waals surface area contributed by atoms with E-state index in [4.69, 9.17) is 4.43 Å². The minimum atomic E-state index is -1.28. The molecule has 1 unspecified atom stereocenters. The molecule has 1 atom stereocenters. The summed E-state index contributed by atoms with van der Waals surface area (Å²) >= 11 is 0. The van der Waals surface area contributed by atoms with Crippen LogP contribution in [0.2, 0.25) is 25.7 Å². The molecule has 0 spiro atoms. The highest BCUT2D eigenvalue weighted by molar-refractivity contribution is 6.76. The van der Waals surface area contributed by atoms with Crippen molar-refractivity contribution in [2.24, 2.45) is 0 Å². The van der Waals surface area contributed by atoms with Crippen molar-refractivity contribution < 1.29 is 4.43 Å². The van der Waals surface area contributed by atoms with Crippen LogP contribution in [0.3, 0.4) is 0 Å². The molecule has 80 valence electrons. The van der Waals surface area contributed by atoms with Gasteiger partial charge in [-0.2, -0.15) is 0 Å². The minimum absolute atomic E-state index is 0.883. The second-order valence-electron chi connectivity index (χ2n) is 4.44. The van der Waals surface area contributed by atoms with E-state index in [0.717, 1.165) is 13.1 Å². The third-order valence-electron chi connectivity index (χ3n) is 1.83. The van der Waals surface area contributed by atoms with Crippen molar-refractivity contribution in [3.63, 3.8) is 0 Å². The Labute approximate surface area is 85.1 Å². The topological polar surface area (TPSA) is 33.3 Å². The number of rotatable bonds is 7. The predicted octanol–water partition coefficient (Wildman–Crippen LogP) is 0.887. The van der Waals surface area contributed by atoms with Gasteiger partial charge in [-0.05, 0) is 19.1 Å². The van der Waals surface area contributed by atoms with Crippen molar-refractivity contribution in [2.45, 2.75) is 32.6 Å². The summed E-state index contributed by atoms with van der Waals surface area (Å²) in [7, 11) is -0.385. The van der Waals surface area contributed by atoms with Gasteiger partial charge in [0.2, 0.25) is 0 Å². The summed E-state index contributed by atoms with van der Waals surface area (Å²) in [6.07, 6.45) is 0. The third kappa shape index (κ3) is 8.64. The fraction of sp³-hybridized carbons (Fsp3) is 1.00. The van der Waals surface area contributed by atoms with Crippen LogP contribution in [0.15, 0.2) is 0 Å². The van der Waals surface area contributed by atoms with Crippen molar-refractivity contribution in [1.82, 2.24) is 9.96 Å². The fourth-order valence-corrected chi connectivity index (χ4v) is 3.44. The fourth-order valence-electron chi connectivity index (χ4n) is 1.00. The molecule has 0 saturated carbocycles. The number of nitrogens with one attached hydrogen (secondary N) is 2. The van der Waals surface area contributed by atoms with E-state index in [1.54, 1.807) is 7.11 Å². The lowest BCUT2D eigenvalue weighted by Gasteiger charge is -2.19. The van der Waals surface area contributed by atoms with Crippen LogP contribution in [0.25, 0.3) is 0 Å². The van der Waals surface area contributed by atoms with E-state index in [1.807, 2.05) is 0 Å². The molecule has 0 fully saturated rings. The molecule has 0 amide bonds. The summed E-state index contributed by atoms with van der Waals surface area (Å²) < 4.78 is 5.34. The van der Waals surface area contributed by atoms with E-state index < -0.39 is 17.4 Å². The lowest BCUT2D eigenvalue weighted by Crippen LogP contribution is -2.50. The van der Waals surface area contributed by atoms with Crippen LogP contribution in [0.5, 0.6) is 0 Å². The van der Waals surface area contributed by atoms with Gasteiger partial charge < -0.3 is 14.4 Å². The zero-order chi connectivity index (χ0) is 10.3. The Balaban J connectivity index is 3.49. The molecule has 2 N–H and O–H groups in total. The Morgan fingerprint density at radius 1 is 1.23 bits per heavy atom. The van der Waals surface area contributed by atoms with Crippen LogP contribution in [-0.4, -0.2) is 37.6 Å². The molecule has 0 rings (SSSR count). The normalized spacial score (nSPS) is 14.5. The van der Waals surface area contributed by atoms with Gasteiger partial charge in [-0.3, -0.25) is 0 Å². The molecule has 0 radical (unpaired) electrons. The summed E-state index contributed by atoms with van der Waals surface area (Å²) in [5.41, 5.74) is 0. The largest absolute Gasteiger partial charge is 0.397 e. The number of hydrogen-bond acceptors (Lipinski definition) is 3. The molecule has 0 aliphatic carbocycles. The van der Waals surface area contributed by atoms with E-state index in [9.17, 15) is 0 Å². The lowest BCUT2D eigenvalue weighted by atomic mass is 10.8. The standard InChI is InChI=1S/C8H24N2OSi2/c1-6-9-12(11-2)10-7-8-13(3,4)5/h9-10,12H,6-8H2,1-5H3. The molecule has 3 nitrogen and oxygen atoms in total. The van der Waals surface area contributed by atoms with E-state index >= 15 is 0 Å². The van der Waals surface area contributed by atoms with E-state index in [2.05, 4.69) is 36.5 Å². The van der Waals surface area contributed by atoms with Crippen LogP contribution in [0.4, 0.5) is 0 Å². The second kappa shape index (κ2) is 6.72. The molecular formula is C8H24N2OSi2. The quantitative estimate of drug-likeness (QED) is 0.625. The van der Waals surface area contributed by atoms with E-state index in [-0.39, 0.29) is 0 Å². The highest BCUT2D eigenvalue weighted by Crippen LogP contribution is 2.05. The summed E-state index contributed by atoms with van der Waals surface area (Å²) in [5, 5.41) is 0. The maximum atomic E-state index is 5.34. The van der Waals surface area contributed by atoms with Gasteiger partial charge >= 0.3 is 9.36 Å². The molecule has 0 bridgehead atoms. The van der Waals surface area contributed by atoms with Crippen LogP contribution < -0.4 is 9.96 Å². The first kappa shape index (κ1) is 13.3. The van der Waals surface area contributed by atoms with Crippen LogP contribution in [-0.2, 0) is 4.43 Å². The molecule has 0 heterocycles. The average molecular weight is 220 g/mol. The van der Waals surface area contributed by atoms with Crippen molar-refractivity contribution in [3.05, 3.63) is 0 Å². The summed E-state index contributed by atoms with van der Waals surface area (Å²) in [6, 6.07) is 1.32. The predicted molar refractivity (Wildman–Crippen MR) is 64.0 cm³/mol. The molecule has 0 aliphatic heterocycles. The lowest BCUT2D eigenvalue weighted by molar-refractivity contribution is 0.395. The zero-order valence-corrected chi connectivity index (χ0v) is 11.8. The zero-order valence-electron chi connectivity index (χ0n) is 9.61. The van der Waals surface area contributed by atoms with Crippen LogP contribution in [0, 0.1) is 0 Å². The SMILES string of the molecule is CCN[SiH](NCC[Si](C)(C)C)OC. The second-order valence-corrected chi connectivity index (χ2v) is 12.1. The summed E-state index contributed by atoms with van der Waals surface area (Å²) in [5.74, 6) is 0. The van der Waals surface area contributed by atoms with Crippen LogP contribution >= 0.6 is 0 Å². The molecule has 13 heavy (non-hydrogen) atoms. The highest BCUT2D eigenvalue weighted by atomic mass is 28.3. The molecule has 0 saturated heterocycles. The molecule has 0 aromatic carbocycles. The van der Waals surface area contributed by atoms with Gasteiger partial charge in [-0.15, -0.1) is 0 Å². The first-order valence-electron chi connectivity index (χ1n) is 4.99. The van der Waals surface area contributed by atoms with Crippen molar-refractivity contribution in [1.29, 1.82) is 0 Å². The third-order valence-corrected chi connectivity index (χ3v) is 5.49. The Morgan fingerprint density at radius 2 is 1.85 bits per heavy atom. The van der Waals surface area contributed by atoms with Gasteiger partial charge in [0.15, 0.2) is 0 Å². The summed E-state index contributed by atoms with van der Waals surface area (Å²) in [4.78, 5) is 6.81. The molecule has 0 aromatic heterocycles. The smallest absolute Gasteiger partial charge is 0.334 e. The van der Waals surface area contributed by atoms with Gasteiger partial charge in [-0.25, -0.2) is 0 Å². The van der Waals surface area contributed by atoms with Crippen molar-refractivity contribution >= 4 is 17.4 Å². The summed E-state index contributed by atoms with van der Waals surface area (Å²) in [6.45, 7) is 11.4. The maximum Gasteiger partial charge on any atom is 0.334 e. The van der Waals surface area contributed by atoms with Gasteiger partial charge in [0.25, 0.3) is 0 Å². The Kier molecular flexibility index (Phi) is 6.88. The maximum absolute atomic E-state index is 5.34. The molecule has 5 heteroatoms. The van der Waals surface area contributed by atoms with E-state index in [1.165, 1.54) is 6.04 Å². The minimum Gasteiger partial charge on any atom is -0.397 e. The first-order valence-corrected chi connectivity index (χ1v) is 10.3. The molecule has 0 aromatic rings. The Hall–Kier alpha value is 0.314. The first-order chi connectivity index (χ1) is 5.99. The molecular weight excluding hydrogens is 196 g/mol. The average Bonchev–Trinajstić information content (AvgIpc) is 2.01. The highest BCUT2D eigenvalue weighted by Gasteiger charge is 2.14. The number of hydrogen-bond donors (Lipinski definition) is 2. The Bertz CT molecular complexity index is 128.